The van der Waals surface area contributed by atoms with Gasteiger partial charge in [-0.25, -0.2) is 4.98 Å². The van der Waals surface area contributed by atoms with Crippen molar-refractivity contribution in [1.82, 2.24) is 9.55 Å². The Morgan fingerprint density at radius 2 is 2.07 bits per heavy atom. The lowest BCUT2D eigenvalue weighted by atomic mass is 9.89. The molecule has 2 aromatic heterocycles. The van der Waals surface area contributed by atoms with Gasteiger partial charge in [0.1, 0.15) is 5.82 Å². The van der Waals surface area contributed by atoms with Crippen LogP contribution < -0.4 is 15.5 Å². The second-order valence-electron chi connectivity index (χ2n) is 7.50. The summed E-state index contributed by atoms with van der Waals surface area (Å²) in [4.78, 5) is 28.9. The fraction of sp³-hybridized carbons (Fsp3) is 0.261. The van der Waals surface area contributed by atoms with E-state index >= 15 is 0 Å². The first-order valence-electron chi connectivity index (χ1n) is 9.74. The maximum atomic E-state index is 13.0. The molecule has 1 aromatic carbocycles. The summed E-state index contributed by atoms with van der Waals surface area (Å²) in [6, 6.07) is 15.0. The van der Waals surface area contributed by atoms with E-state index in [-0.39, 0.29) is 22.7 Å². The Labute approximate surface area is 179 Å². The molecule has 1 amide bonds. The third-order valence-electron chi connectivity index (χ3n) is 5.70. The molecule has 0 aliphatic heterocycles. The molecule has 1 fully saturated rings. The van der Waals surface area contributed by atoms with E-state index in [1.807, 2.05) is 22.8 Å². The number of hydrogen-bond acceptors (Lipinski definition) is 4. The summed E-state index contributed by atoms with van der Waals surface area (Å²) in [5, 5.41) is 3.43. The average Bonchev–Trinajstić information content (AvgIpc) is 3.51. The summed E-state index contributed by atoms with van der Waals surface area (Å²) in [5.74, 6) is 0.596. The molecule has 1 saturated carbocycles. The molecular weight excluding hydrogens is 402 g/mol. The van der Waals surface area contributed by atoms with Crippen LogP contribution in [0.5, 0.6) is 5.75 Å². The molecular formula is C23H22ClN3O3. The first-order chi connectivity index (χ1) is 14.5. The quantitative estimate of drug-likeness (QED) is 0.625. The fourth-order valence-corrected chi connectivity index (χ4v) is 4.06. The van der Waals surface area contributed by atoms with Crippen molar-refractivity contribution in [1.29, 1.82) is 0 Å². The third kappa shape index (κ3) is 4.09. The number of ether oxygens (including phenoxy) is 1. The van der Waals surface area contributed by atoms with Gasteiger partial charge in [-0.05, 0) is 30.5 Å². The van der Waals surface area contributed by atoms with Crippen molar-refractivity contribution in [2.24, 2.45) is 5.92 Å². The predicted octanol–water partition coefficient (Wildman–Crippen LogP) is 3.89. The van der Waals surface area contributed by atoms with Crippen molar-refractivity contribution in [2.45, 2.75) is 24.8 Å². The van der Waals surface area contributed by atoms with Crippen LogP contribution in [-0.4, -0.2) is 22.6 Å². The van der Waals surface area contributed by atoms with Gasteiger partial charge < -0.3 is 14.6 Å². The highest BCUT2D eigenvalue weighted by atomic mass is 35.5. The number of halogens is 1. The molecule has 6 nitrogen and oxygen atoms in total. The SMILES string of the molecule is COc1cn(CCC2(c3ccccc3)CC2C(=O)Nc2ccc(Cl)cn2)ccc1=O. The number of methoxy groups -OCH3 is 1. The van der Waals surface area contributed by atoms with Crippen LogP contribution in [0, 0.1) is 5.92 Å². The number of pyridine rings is 2. The van der Waals surface area contributed by atoms with Gasteiger partial charge in [0.05, 0.1) is 18.3 Å². The van der Waals surface area contributed by atoms with Gasteiger partial charge in [0.15, 0.2) is 5.75 Å². The first kappa shape index (κ1) is 20.2. The number of benzene rings is 1. The molecule has 4 rings (SSSR count). The summed E-state index contributed by atoms with van der Waals surface area (Å²) < 4.78 is 7.07. The number of carbonyl (C=O) groups is 1. The Morgan fingerprint density at radius 3 is 2.77 bits per heavy atom. The summed E-state index contributed by atoms with van der Waals surface area (Å²) in [6.45, 7) is 0.661. The highest BCUT2D eigenvalue weighted by Gasteiger charge is 2.58. The molecule has 0 radical (unpaired) electrons. The van der Waals surface area contributed by atoms with Gasteiger partial charge in [-0.15, -0.1) is 0 Å². The molecule has 1 N–H and O–H groups in total. The second-order valence-corrected chi connectivity index (χ2v) is 7.93. The number of nitrogens with zero attached hydrogens (tertiary/aromatic N) is 2. The monoisotopic (exact) mass is 423 g/mol. The number of nitrogens with one attached hydrogen (secondary N) is 1. The standard InChI is InChI=1S/C23H22ClN3O3/c1-30-20-15-27(11-9-19(20)28)12-10-23(16-5-3-2-4-6-16)13-18(23)22(29)26-21-8-7-17(24)14-25-21/h2-9,11,14-15,18H,10,12-13H2,1H3,(H,25,26,29). The van der Waals surface area contributed by atoms with E-state index in [0.717, 1.165) is 18.4 Å². The van der Waals surface area contributed by atoms with Gasteiger partial charge in [0.2, 0.25) is 11.3 Å². The van der Waals surface area contributed by atoms with E-state index in [4.69, 9.17) is 16.3 Å². The van der Waals surface area contributed by atoms with E-state index < -0.39 is 0 Å². The van der Waals surface area contributed by atoms with Crippen molar-refractivity contribution in [3.63, 3.8) is 0 Å². The second kappa shape index (κ2) is 8.32. The maximum Gasteiger partial charge on any atom is 0.229 e. The molecule has 0 spiro atoms. The Morgan fingerprint density at radius 1 is 1.27 bits per heavy atom. The normalized spacial score (nSPS) is 19.9. The minimum Gasteiger partial charge on any atom is -0.491 e. The van der Waals surface area contributed by atoms with Crippen LogP contribution >= 0.6 is 11.6 Å². The first-order valence-corrected chi connectivity index (χ1v) is 10.1. The lowest BCUT2D eigenvalue weighted by Gasteiger charge is -2.19. The molecule has 154 valence electrons. The van der Waals surface area contributed by atoms with Crippen molar-refractivity contribution < 1.29 is 9.53 Å². The number of aryl methyl sites for hydroxylation is 1. The minimum atomic E-state index is -0.256. The predicted molar refractivity (Wildman–Crippen MR) is 116 cm³/mol. The zero-order chi connectivity index (χ0) is 21.1. The molecule has 7 heteroatoms. The average molecular weight is 424 g/mol. The van der Waals surface area contributed by atoms with Crippen LogP contribution in [0.1, 0.15) is 18.4 Å². The maximum absolute atomic E-state index is 13.0. The van der Waals surface area contributed by atoms with Crippen molar-refractivity contribution >= 4 is 23.3 Å². The van der Waals surface area contributed by atoms with Gasteiger partial charge in [0, 0.05) is 36.3 Å². The third-order valence-corrected chi connectivity index (χ3v) is 5.92. The van der Waals surface area contributed by atoms with Crippen LogP contribution in [0.3, 0.4) is 0 Å². The van der Waals surface area contributed by atoms with Crippen LogP contribution in [0.15, 0.2) is 71.9 Å². The fourth-order valence-electron chi connectivity index (χ4n) is 3.95. The van der Waals surface area contributed by atoms with Gasteiger partial charge in [-0.2, -0.15) is 0 Å². The number of hydrogen-bond donors (Lipinski definition) is 1. The molecule has 1 aliphatic carbocycles. The Hall–Kier alpha value is -3.12. The molecule has 2 unspecified atom stereocenters. The Kier molecular flexibility index (Phi) is 5.59. The van der Waals surface area contributed by atoms with Crippen LogP contribution in [0.25, 0.3) is 0 Å². The van der Waals surface area contributed by atoms with Crippen molar-refractivity contribution in [2.75, 3.05) is 12.4 Å². The molecule has 30 heavy (non-hydrogen) atoms. The summed E-state index contributed by atoms with van der Waals surface area (Å²) >= 11 is 5.87. The zero-order valence-electron chi connectivity index (χ0n) is 16.5. The molecule has 3 aromatic rings. The molecule has 2 heterocycles. The van der Waals surface area contributed by atoms with E-state index in [9.17, 15) is 9.59 Å². The highest BCUT2D eigenvalue weighted by molar-refractivity contribution is 6.30. The van der Waals surface area contributed by atoms with E-state index in [0.29, 0.717) is 23.1 Å². The van der Waals surface area contributed by atoms with E-state index in [2.05, 4.69) is 22.4 Å². The Balaban J connectivity index is 1.53. The molecule has 2 atom stereocenters. The minimum absolute atomic E-state index is 0.0498. The molecule has 0 bridgehead atoms. The number of carbonyl (C=O) groups excluding carboxylic acids is 1. The number of amides is 1. The smallest absolute Gasteiger partial charge is 0.229 e. The van der Waals surface area contributed by atoms with Crippen LogP contribution in [0.4, 0.5) is 5.82 Å². The van der Waals surface area contributed by atoms with E-state index in [1.54, 1.807) is 24.5 Å². The van der Waals surface area contributed by atoms with Crippen molar-refractivity contribution in [3.05, 3.63) is 87.9 Å². The van der Waals surface area contributed by atoms with Crippen LogP contribution in [-0.2, 0) is 16.8 Å². The molecule has 0 saturated heterocycles. The van der Waals surface area contributed by atoms with Crippen LogP contribution in [0.2, 0.25) is 5.02 Å². The van der Waals surface area contributed by atoms with Gasteiger partial charge in [-0.1, -0.05) is 41.9 Å². The lowest BCUT2D eigenvalue weighted by molar-refractivity contribution is -0.117. The Bertz CT molecular complexity index is 1100. The zero-order valence-corrected chi connectivity index (χ0v) is 17.3. The number of aromatic nitrogens is 2. The lowest BCUT2D eigenvalue weighted by Crippen LogP contribution is -2.23. The summed E-state index contributed by atoms with van der Waals surface area (Å²) in [7, 11) is 1.48. The largest absolute Gasteiger partial charge is 0.491 e. The number of anilines is 1. The molecule has 1 aliphatic rings. The van der Waals surface area contributed by atoms with E-state index in [1.165, 1.54) is 19.4 Å². The summed E-state index contributed by atoms with van der Waals surface area (Å²) in [6.07, 6.45) is 6.48. The van der Waals surface area contributed by atoms with Gasteiger partial charge >= 0.3 is 0 Å². The number of rotatable bonds is 7. The highest BCUT2D eigenvalue weighted by Crippen LogP contribution is 2.57. The summed E-state index contributed by atoms with van der Waals surface area (Å²) in [5.41, 5.74) is 0.738. The van der Waals surface area contributed by atoms with Gasteiger partial charge in [0.25, 0.3) is 0 Å². The topological polar surface area (TPSA) is 73.2 Å². The van der Waals surface area contributed by atoms with Crippen molar-refractivity contribution in [3.8, 4) is 5.75 Å². The van der Waals surface area contributed by atoms with Gasteiger partial charge in [-0.3, -0.25) is 9.59 Å².